The van der Waals surface area contributed by atoms with Gasteiger partial charge in [0.05, 0.1) is 0 Å². The van der Waals surface area contributed by atoms with Gasteiger partial charge in [0.2, 0.25) is 6.41 Å². The zero-order valence-corrected chi connectivity index (χ0v) is 8.94. The van der Waals surface area contributed by atoms with Gasteiger partial charge in [0, 0.05) is 19.1 Å². The van der Waals surface area contributed by atoms with Crippen molar-refractivity contribution in [2.24, 2.45) is 0 Å². The number of amides is 3. The predicted molar refractivity (Wildman–Crippen MR) is 51.3 cm³/mol. The minimum Gasteiger partial charge on any atom is -0.325 e. The van der Waals surface area contributed by atoms with Crippen LogP contribution < -0.4 is 0 Å². The average Bonchev–Trinajstić information content (AvgIpc) is 2.03. The fourth-order valence-electron chi connectivity index (χ4n) is 0.791. The Bertz CT molecular complexity index is 190. The summed E-state index contributed by atoms with van der Waals surface area (Å²) in [6, 6.07) is -0.236. The van der Waals surface area contributed by atoms with Gasteiger partial charge >= 0.3 is 6.03 Å². The normalized spacial score (nSPS) is 10.4. The molecule has 76 valence electrons. The third-order valence-corrected chi connectivity index (χ3v) is 1.97. The van der Waals surface area contributed by atoms with E-state index >= 15 is 0 Å². The molecular formula is C9H18N2O2. The highest BCUT2D eigenvalue weighted by molar-refractivity contribution is 5.85. The zero-order chi connectivity index (χ0) is 10.6. The van der Waals surface area contributed by atoms with Crippen molar-refractivity contribution in [3.05, 3.63) is 0 Å². The van der Waals surface area contributed by atoms with Gasteiger partial charge < -0.3 is 4.90 Å². The first-order chi connectivity index (χ1) is 5.91. The van der Waals surface area contributed by atoms with E-state index in [1.165, 1.54) is 9.80 Å². The fourth-order valence-corrected chi connectivity index (χ4v) is 0.791. The first-order valence-corrected chi connectivity index (χ1v) is 4.42. The molecule has 0 aliphatic carbocycles. The number of hydrogen-bond donors (Lipinski definition) is 0. The Hall–Kier alpha value is -1.06. The molecule has 0 bridgehead atoms. The molecule has 4 heteroatoms. The summed E-state index contributed by atoms with van der Waals surface area (Å²) in [5.41, 5.74) is 0. The Labute approximate surface area is 79.5 Å². The van der Waals surface area contributed by atoms with Crippen molar-refractivity contribution < 1.29 is 9.59 Å². The average molecular weight is 186 g/mol. The maximum atomic E-state index is 11.6. The van der Waals surface area contributed by atoms with Crippen LogP contribution in [0.5, 0.6) is 0 Å². The lowest BCUT2D eigenvalue weighted by atomic mass is 10.3. The minimum atomic E-state index is -0.250. The molecule has 0 heterocycles. The van der Waals surface area contributed by atoms with Gasteiger partial charge in [-0.1, -0.05) is 0 Å². The molecule has 0 aromatic carbocycles. The summed E-state index contributed by atoms with van der Waals surface area (Å²) in [4.78, 5) is 24.9. The molecule has 0 saturated heterocycles. The maximum absolute atomic E-state index is 11.6. The Morgan fingerprint density at radius 3 is 1.85 bits per heavy atom. The molecule has 0 saturated carbocycles. The highest BCUT2D eigenvalue weighted by atomic mass is 16.2. The fraction of sp³-hybridized carbons (Fsp3) is 0.778. The second-order valence-corrected chi connectivity index (χ2v) is 3.59. The SMILES string of the molecule is CC(C)N(C)C(=O)N(C=O)C(C)C. The molecule has 0 aliphatic heterocycles. The first-order valence-electron chi connectivity index (χ1n) is 4.42. The van der Waals surface area contributed by atoms with Gasteiger partial charge in [-0.3, -0.25) is 9.69 Å². The molecule has 4 nitrogen and oxygen atoms in total. The van der Waals surface area contributed by atoms with Crippen LogP contribution in [0.4, 0.5) is 4.79 Å². The molecule has 0 aliphatic rings. The van der Waals surface area contributed by atoms with E-state index in [2.05, 4.69) is 0 Å². The highest BCUT2D eigenvalue weighted by Gasteiger charge is 2.21. The van der Waals surface area contributed by atoms with Gasteiger partial charge in [0.25, 0.3) is 0 Å². The smallest absolute Gasteiger partial charge is 0.325 e. The van der Waals surface area contributed by atoms with Crippen molar-refractivity contribution >= 4 is 12.4 Å². The van der Waals surface area contributed by atoms with Crippen molar-refractivity contribution in [2.45, 2.75) is 39.8 Å². The Balaban J connectivity index is 4.46. The van der Waals surface area contributed by atoms with Crippen molar-refractivity contribution in [1.29, 1.82) is 0 Å². The highest BCUT2D eigenvalue weighted by Crippen LogP contribution is 2.03. The molecule has 0 spiro atoms. The van der Waals surface area contributed by atoms with Crippen molar-refractivity contribution in [3.63, 3.8) is 0 Å². The van der Waals surface area contributed by atoms with Crippen LogP contribution in [0.2, 0.25) is 0 Å². The molecule has 0 aromatic heterocycles. The molecule has 0 aromatic rings. The van der Waals surface area contributed by atoms with E-state index in [9.17, 15) is 9.59 Å². The summed E-state index contributed by atoms with van der Waals surface area (Å²) >= 11 is 0. The lowest BCUT2D eigenvalue weighted by Gasteiger charge is -2.28. The predicted octanol–water partition coefficient (Wildman–Crippen LogP) is 1.31. The van der Waals surface area contributed by atoms with Crippen LogP contribution in [0, 0.1) is 0 Å². The van der Waals surface area contributed by atoms with E-state index in [0.29, 0.717) is 6.41 Å². The number of imide groups is 1. The topological polar surface area (TPSA) is 40.6 Å². The lowest BCUT2D eigenvalue weighted by Crippen LogP contribution is -2.46. The number of carbonyl (C=O) groups is 2. The van der Waals surface area contributed by atoms with Gasteiger partial charge in [0.15, 0.2) is 0 Å². The number of nitrogens with zero attached hydrogens (tertiary/aromatic N) is 2. The summed E-state index contributed by atoms with van der Waals surface area (Å²) in [6.45, 7) is 7.42. The molecule has 0 atom stereocenters. The van der Waals surface area contributed by atoms with E-state index in [-0.39, 0.29) is 18.1 Å². The molecule has 13 heavy (non-hydrogen) atoms. The maximum Gasteiger partial charge on any atom is 0.326 e. The number of carbonyl (C=O) groups excluding carboxylic acids is 2. The lowest BCUT2D eigenvalue weighted by molar-refractivity contribution is -0.117. The largest absolute Gasteiger partial charge is 0.326 e. The molecule has 0 fully saturated rings. The summed E-state index contributed by atoms with van der Waals surface area (Å²) in [5, 5.41) is 0. The van der Waals surface area contributed by atoms with Crippen LogP contribution in [0.1, 0.15) is 27.7 Å². The second kappa shape index (κ2) is 4.84. The van der Waals surface area contributed by atoms with Gasteiger partial charge in [-0.25, -0.2) is 4.79 Å². The van der Waals surface area contributed by atoms with E-state index in [1.54, 1.807) is 20.9 Å². The molecule has 0 N–H and O–H groups in total. The van der Waals surface area contributed by atoms with Crippen LogP contribution in [-0.2, 0) is 4.79 Å². The summed E-state index contributed by atoms with van der Waals surface area (Å²) < 4.78 is 0. The van der Waals surface area contributed by atoms with E-state index in [1.807, 2.05) is 13.8 Å². The zero-order valence-electron chi connectivity index (χ0n) is 8.94. The minimum absolute atomic E-state index is 0.0915. The quantitative estimate of drug-likeness (QED) is 0.623. The summed E-state index contributed by atoms with van der Waals surface area (Å²) in [5.74, 6) is 0. The van der Waals surface area contributed by atoms with E-state index in [0.717, 1.165) is 0 Å². The number of hydrogen-bond acceptors (Lipinski definition) is 2. The third-order valence-electron chi connectivity index (χ3n) is 1.97. The van der Waals surface area contributed by atoms with Crippen LogP contribution in [0.25, 0.3) is 0 Å². The third kappa shape index (κ3) is 3.05. The van der Waals surface area contributed by atoms with Crippen LogP contribution in [-0.4, -0.2) is 41.4 Å². The molecule has 3 amide bonds. The van der Waals surface area contributed by atoms with Gasteiger partial charge in [0.1, 0.15) is 0 Å². The second-order valence-electron chi connectivity index (χ2n) is 3.59. The molecule has 0 rings (SSSR count). The summed E-state index contributed by atoms with van der Waals surface area (Å²) in [6.07, 6.45) is 0.575. The first kappa shape index (κ1) is 11.9. The van der Waals surface area contributed by atoms with Gasteiger partial charge in [-0.05, 0) is 27.7 Å². The Morgan fingerprint density at radius 1 is 1.15 bits per heavy atom. The Kier molecular flexibility index (Phi) is 4.45. The standard InChI is InChI=1S/C9H18N2O2/c1-7(2)10(5)9(13)11(6-12)8(3)4/h6-8H,1-5H3. The molecule has 0 unspecified atom stereocenters. The van der Waals surface area contributed by atoms with E-state index < -0.39 is 0 Å². The van der Waals surface area contributed by atoms with Crippen LogP contribution in [0.3, 0.4) is 0 Å². The molecule has 0 radical (unpaired) electrons. The van der Waals surface area contributed by atoms with Gasteiger partial charge in [-0.15, -0.1) is 0 Å². The number of rotatable bonds is 3. The van der Waals surface area contributed by atoms with Crippen molar-refractivity contribution in [1.82, 2.24) is 9.80 Å². The van der Waals surface area contributed by atoms with Crippen molar-refractivity contribution in [2.75, 3.05) is 7.05 Å². The van der Waals surface area contributed by atoms with Crippen LogP contribution in [0.15, 0.2) is 0 Å². The molecular weight excluding hydrogens is 168 g/mol. The van der Waals surface area contributed by atoms with Gasteiger partial charge in [-0.2, -0.15) is 0 Å². The van der Waals surface area contributed by atoms with Crippen LogP contribution >= 0.6 is 0 Å². The van der Waals surface area contributed by atoms with E-state index in [4.69, 9.17) is 0 Å². The van der Waals surface area contributed by atoms with Crippen molar-refractivity contribution in [3.8, 4) is 0 Å². The number of urea groups is 1. The Morgan fingerprint density at radius 2 is 1.62 bits per heavy atom. The monoisotopic (exact) mass is 186 g/mol. The summed E-state index contributed by atoms with van der Waals surface area (Å²) in [7, 11) is 1.69.